The largest absolute Gasteiger partial charge is 0.330 e. The van der Waals surface area contributed by atoms with E-state index >= 15 is 0 Å². The van der Waals surface area contributed by atoms with Gasteiger partial charge in [-0.05, 0) is 49.6 Å². The third-order valence-corrected chi connectivity index (χ3v) is 4.09. The van der Waals surface area contributed by atoms with Crippen LogP contribution in [0.2, 0.25) is 0 Å². The first-order valence-electron chi connectivity index (χ1n) is 4.13. The summed E-state index contributed by atoms with van der Waals surface area (Å²) >= 11 is 6.92. The Labute approximate surface area is 96.0 Å². The zero-order valence-corrected chi connectivity index (χ0v) is 10.9. The zero-order chi connectivity index (χ0) is 10.1. The van der Waals surface area contributed by atoms with Crippen molar-refractivity contribution in [1.29, 1.82) is 0 Å². The Bertz CT molecular complexity index is 308. The van der Waals surface area contributed by atoms with Crippen molar-refractivity contribution < 1.29 is 0 Å². The van der Waals surface area contributed by atoms with Gasteiger partial charge in [-0.25, -0.2) is 0 Å². The van der Waals surface area contributed by atoms with Gasteiger partial charge in [-0.2, -0.15) is 0 Å². The average molecular weight is 307 g/mol. The van der Waals surface area contributed by atoms with E-state index in [0.717, 1.165) is 8.95 Å². The van der Waals surface area contributed by atoms with Crippen molar-refractivity contribution in [3.8, 4) is 0 Å². The summed E-state index contributed by atoms with van der Waals surface area (Å²) in [7, 11) is 0. The molecule has 0 spiro atoms. The highest BCUT2D eigenvalue weighted by molar-refractivity contribution is 9.13. The molecule has 13 heavy (non-hydrogen) atoms. The second-order valence-electron chi connectivity index (χ2n) is 3.72. The third-order valence-electron chi connectivity index (χ3n) is 2.21. The van der Waals surface area contributed by atoms with Crippen LogP contribution in [0.5, 0.6) is 0 Å². The van der Waals surface area contributed by atoms with Gasteiger partial charge in [0.1, 0.15) is 0 Å². The topological polar surface area (TPSA) is 26.0 Å². The second-order valence-corrected chi connectivity index (χ2v) is 5.43. The zero-order valence-electron chi connectivity index (χ0n) is 7.77. The third kappa shape index (κ3) is 2.55. The highest BCUT2D eigenvalue weighted by atomic mass is 79.9. The Morgan fingerprint density at radius 1 is 1.23 bits per heavy atom. The Hall–Kier alpha value is 0.140. The molecule has 0 fully saturated rings. The molecule has 0 aromatic heterocycles. The predicted molar refractivity (Wildman–Crippen MR) is 63.9 cm³/mol. The number of hydrogen-bond donors (Lipinski definition) is 1. The molecule has 2 N–H and O–H groups in total. The fourth-order valence-electron chi connectivity index (χ4n) is 1.03. The summed E-state index contributed by atoms with van der Waals surface area (Å²) in [6.07, 6.45) is 0. The predicted octanol–water partition coefficient (Wildman–Crippen LogP) is 3.45. The highest BCUT2D eigenvalue weighted by Gasteiger charge is 2.18. The molecule has 0 aliphatic heterocycles. The van der Waals surface area contributed by atoms with E-state index in [1.54, 1.807) is 0 Å². The fraction of sp³-hybridized carbons (Fsp3) is 0.400. The Balaban J connectivity index is 3.10. The van der Waals surface area contributed by atoms with Gasteiger partial charge in [0.05, 0.1) is 0 Å². The van der Waals surface area contributed by atoms with Gasteiger partial charge < -0.3 is 5.73 Å². The average Bonchev–Trinajstić information content (AvgIpc) is 2.09. The van der Waals surface area contributed by atoms with Gasteiger partial charge >= 0.3 is 0 Å². The summed E-state index contributed by atoms with van der Waals surface area (Å²) in [5.74, 6) is 0. The molecule has 0 amide bonds. The van der Waals surface area contributed by atoms with E-state index in [1.165, 1.54) is 5.56 Å². The van der Waals surface area contributed by atoms with Crippen molar-refractivity contribution in [1.82, 2.24) is 0 Å². The monoisotopic (exact) mass is 305 g/mol. The number of benzene rings is 1. The SMILES string of the molecule is CC(C)(CN)c1ccc(Br)c(Br)c1. The molecule has 1 aromatic rings. The second kappa shape index (κ2) is 4.11. The van der Waals surface area contributed by atoms with E-state index in [0.29, 0.717) is 6.54 Å². The van der Waals surface area contributed by atoms with Gasteiger partial charge in [0.2, 0.25) is 0 Å². The van der Waals surface area contributed by atoms with Gasteiger partial charge in [-0.15, -0.1) is 0 Å². The normalized spacial score (nSPS) is 11.8. The van der Waals surface area contributed by atoms with Crippen LogP contribution in [0.25, 0.3) is 0 Å². The van der Waals surface area contributed by atoms with Crippen LogP contribution in [0.4, 0.5) is 0 Å². The highest BCUT2D eigenvalue weighted by Crippen LogP contribution is 2.29. The first-order chi connectivity index (χ1) is 5.97. The van der Waals surface area contributed by atoms with Crippen molar-refractivity contribution >= 4 is 31.9 Å². The molecule has 0 heterocycles. The fourth-order valence-corrected chi connectivity index (χ4v) is 1.66. The molecular formula is C10H13Br2N. The van der Waals surface area contributed by atoms with Crippen LogP contribution in [0.15, 0.2) is 27.1 Å². The van der Waals surface area contributed by atoms with Crippen molar-refractivity contribution in [2.75, 3.05) is 6.54 Å². The van der Waals surface area contributed by atoms with E-state index in [-0.39, 0.29) is 5.41 Å². The van der Waals surface area contributed by atoms with Crippen LogP contribution >= 0.6 is 31.9 Å². The van der Waals surface area contributed by atoms with Gasteiger partial charge in [0, 0.05) is 20.9 Å². The van der Waals surface area contributed by atoms with Crippen molar-refractivity contribution in [2.45, 2.75) is 19.3 Å². The Morgan fingerprint density at radius 3 is 2.31 bits per heavy atom. The summed E-state index contributed by atoms with van der Waals surface area (Å²) in [5, 5.41) is 0. The Morgan fingerprint density at radius 2 is 1.85 bits per heavy atom. The van der Waals surface area contributed by atoms with E-state index in [9.17, 15) is 0 Å². The molecule has 0 radical (unpaired) electrons. The lowest BCUT2D eigenvalue weighted by Gasteiger charge is -2.23. The molecule has 0 aliphatic carbocycles. The minimum absolute atomic E-state index is 0.0449. The Kier molecular flexibility index (Phi) is 3.55. The van der Waals surface area contributed by atoms with Crippen LogP contribution in [-0.2, 0) is 5.41 Å². The molecule has 0 saturated carbocycles. The number of hydrogen-bond acceptors (Lipinski definition) is 1. The van der Waals surface area contributed by atoms with Crippen molar-refractivity contribution in [3.05, 3.63) is 32.7 Å². The lowest BCUT2D eigenvalue weighted by molar-refractivity contribution is 0.538. The van der Waals surface area contributed by atoms with Crippen LogP contribution in [0.1, 0.15) is 19.4 Å². The van der Waals surface area contributed by atoms with E-state index in [2.05, 4.69) is 57.8 Å². The molecule has 0 saturated heterocycles. The van der Waals surface area contributed by atoms with Gasteiger partial charge in [-0.3, -0.25) is 0 Å². The van der Waals surface area contributed by atoms with Crippen molar-refractivity contribution in [2.24, 2.45) is 5.73 Å². The summed E-state index contributed by atoms with van der Waals surface area (Å²) in [4.78, 5) is 0. The lowest BCUT2D eigenvalue weighted by Crippen LogP contribution is -2.27. The van der Waals surface area contributed by atoms with Crippen LogP contribution in [-0.4, -0.2) is 6.54 Å². The maximum Gasteiger partial charge on any atom is 0.0320 e. The molecule has 72 valence electrons. The number of rotatable bonds is 2. The smallest absolute Gasteiger partial charge is 0.0320 e. The molecule has 0 unspecified atom stereocenters. The molecule has 1 rings (SSSR count). The van der Waals surface area contributed by atoms with Crippen LogP contribution in [0.3, 0.4) is 0 Å². The van der Waals surface area contributed by atoms with Crippen molar-refractivity contribution in [3.63, 3.8) is 0 Å². The number of halogens is 2. The van der Waals surface area contributed by atoms with E-state index in [4.69, 9.17) is 5.73 Å². The van der Waals surface area contributed by atoms with E-state index in [1.807, 2.05) is 6.07 Å². The molecule has 3 heteroatoms. The molecule has 0 aliphatic rings. The minimum atomic E-state index is 0.0449. The van der Waals surface area contributed by atoms with Crippen LogP contribution in [0, 0.1) is 0 Å². The van der Waals surface area contributed by atoms with Gasteiger partial charge in [-0.1, -0.05) is 19.9 Å². The maximum atomic E-state index is 5.70. The maximum absolute atomic E-state index is 5.70. The molecule has 0 bridgehead atoms. The quantitative estimate of drug-likeness (QED) is 0.890. The lowest BCUT2D eigenvalue weighted by atomic mass is 9.85. The first-order valence-corrected chi connectivity index (χ1v) is 5.71. The standard InChI is InChI=1S/C10H13Br2N/c1-10(2,6-13)7-3-4-8(11)9(12)5-7/h3-5H,6,13H2,1-2H3. The summed E-state index contributed by atoms with van der Waals surface area (Å²) in [6, 6.07) is 6.25. The molecule has 0 atom stereocenters. The molecule has 1 nitrogen and oxygen atoms in total. The summed E-state index contributed by atoms with van der Waals surface area (Å²) < 4.78 is 2.15. The molecule has 1 aromatic carbocycles. The number of nitrogens with two attached hydrogens (primary N) is 1. The van der Waals surface area contributed by atoms with Crippen LogP contribution < -0.4 is 5.73 Å². The first kappa shape index (κ1) is 11.2. The summed E-state index contributed by atoms with van der Waals surface area (Å²) in [6.45, 7) is 4.94. The van der Waals surface area contributed by atoms with Gasteiger partial charge in [0.25, 0.3) is 0 Å². The van der Waals surface area contributed by atoms with E-state index < -0.39 is 0 Å². The van der Waals surface area contributed by atoms with Gasteiger partial charge in [0.15, 0.2) is 0 Å². The minimum Gasteiger partial charge on any atom is -0.330 e. The summed E-state index contributed by atoms with van der Waals surface area (Å²) in [5.41, 5.74) is 7.00. The molecular weight excluding hydrogens is 294 g/mol.